The third-order valence-electron chi connectivity index (χ3n) is 3.37. The van der Waals surface area contributed by atoms with E-state index in [2.05, 4.69) is 10.6 Å². The highest BCUT2D eigenvalue weighted by Gasteiger charge is 2.17. The number of amides is 3. The molecule has 25 heavy (non-hydrogen) atoms. The Morgan fingerprint density at radius 1 is 1.16 bits per heavy atom. The number of rotatable bonds is 6. The predicted molar refractivity (Wildman–Crippen MR) is 88.7 cm³/mol. The third kappa shape index (κ3) is 5.98. The normalized spacial score (nSPS) is 12.4. The van der Waals surface area contributed by atoms with Crippen LogP contribution in [0.2, 0.25) is 0 Å². The molecular weight excluding hydrogens is 328 g/mol. The number of hydrogen-bond acceptors (Lipinski definition) is 6. The van der Waals surface area contributed by atoms with Crippen LogP contribution in [-0.4, -0.2) is 44.3 Å². The van der Waals surface area contributed by atoms with Gasteiger partial charge in [-0.3, -0.25) is 10.1 Å². The van der Waals surface area contributed by atoms with Gasteiger partial charge >= 0.3 is 12.0 Å². The molecule has 2 rings (SSSR count). The molecule has 0 saturated heterocycles. The third-order valence-corrected chi connectivity index (χ3v) is 3.37. The summed E-state index contributed by atoms with van der Waals surface area (Å²) in [5.41, 5.74) is 0.235. The summed E-state index contributed by atoms with van der Waals surface area (Å²) in [7, 11) is 0. The molecule has 1 aromatic rings. The summed E-state index contributed by atoms with van der Waals surface area (Å²) in [6, 6.07) is 4.01. The van der Waals surface area contributed by atoms with Crippen molar-refractivity contribution in [1.29, 1.82) is 0 Å². The predicted octanol–water partition coefficient (Wildman–Crippen LogP) is 1.49. The van der Waals surface area contributed by atoms with Crippen molar-refractivity contribution in [2.75, 3.05) is 26.4 Å². The average molecular weight is 350 g/mol. The Bertz CT molecular complexity index is 644. The fourth-order valence-electron chi connectivity index (χ4n) is 2.07. The lowest BCUT2D eigenvalue weighted by molar-refractivity contribution is -0.123. The fourth-order valence-corrected chi connectivity index (χ4v) is 2.07. The molecule has 2 N–H and O–H groups in total. The zero-order valence-corrected chi connectivity index (χ0v) is 14.3. The van der Waals surface area contributed by atoms with Gasteiger partial charge in [-0.05, 0) is 30.5 Å². The van der Waals surface area contributed by atoms with Crippen LogP contribution in [0.25, 0.3) is 0 Å². The highest BCUT2D eigenvalue weighted by Crippen LogP contribution is 2.30. The molecule has 0 aliphatic carbocycles. The van der Waals surface area contributed by atoms with E-state index in [0.29, 0.717) is 37.2 Å². The summed E-state index contributed by atoms with van der Waals surface area (Å²) in [6.45, 7) is 4.83. The van der Waals surface area contributed by atoms with Gasteiger partial charge in [-0.1, -0.05) is 13.8 Å². The quantitative estimate of drug-likeness (QED) is 0.754. The minimum absolute atomic E-state index is 0.235. The molecule has 1 heterocycles. The Labute approximate surface area is 145 Å². The highest BCUT2D eigenvalue weighted by atomic mass is 16.6. The first-order valence-corrected chi connectivity index (χ1v) is 8.10. The van der Waals surface area contributed by atoms with E-state index in [1.54, 1.807) is 6.07 Å². The van der Waals surface area contributed by atoms with E-state index < -0.39 is 24.5 Å². The van der Waals surface area contributed by atoms with Crippen molar-refractivity contribution < 1.29 is 28.6 Å². The van der Waals surface area contributed by atoms with Gasteiger partial charge in [-0.2, -0.15) is 0 Å². The molecule has 0 radical (unpaired) electrons. The molecule has 136 valence electrons. The van der Waals surface area contributed by atoms with Gasteiger partial charge in [0, 0.05) is 6.54 Å². The molecular formula is C17H22N2O6. The van der Waals surface area contributed by atoms with Crippen LogP contribution in [0.5, 0.6) is 11.5 Å². The van der Waals surface area contributed by atoms with Gasteiger partial charge in [0.05, 0.1) is 5.56 Å². The number of carbonyl (C=O) groups is 3. The summed E-state index contributed by atoms with van der Waals surface area (Å²) in [5, 5.41) is 4.66. The molecule has 0 atom stereocenters. The van der Waals surface area contributed by atoms with E-state index in [1.165, 1.54) is 12.1 Å². The van der Waals surface area contributed by atoms with Crippen molar-refractivity contribution >= 4 is 17.9 Å². The van der Waals surface area contributed by atoms with Crippen LogP contribution in [0.1, 0.15) is 30.6 Å². The minimum atomic E-state index is -0.701. The van der Waals surface area contributed by atoms with Crippen molar-refractivity contribution in [3.8, 4) is 11.5 Å². The Morgan fingerprint density at radius 2 is 1.88 bits per heavy atom. The zero-order valence-electron chi connectivity index (χ0n) is 14.3. The SMILES string of the molecule is CC(C)CCNC(=O)NC(=O)COC(=O)c1ccc2c(c1)OCCO2. The lowest BCUT2D eigenvalue weighted by Gasteiger charge is -2.18. The highest BCUT2D eigenvalue weighted by molar-refractivity contribution is 5.97. The molecule has 3 amide bonds. The topological polar surface area (TPSA) is 103 Å². The molecule has 1 aliphatic heterocycles. The van der Waals surface area contributed by atoms with Crippen LogP contribution in [-0.2, 0) is 9.53 Å². The molecule has 0 unspecified atom stereocenters. The van der Waals surface area contributed by atoms with Crippen molar-refractivity contribution in [3.05, 3.63) is 23.8 Å². The number of ether oxygens (including phenoxy) is 3. The van der Waals surface area contributed by atoms with Gasteiger partial charge in [0.25, 0.3) is 5.91 Å². The van der Waals surface area contributed by atoms with Crippen molar-refractivity contribution in [1.82, 2.24) is 10.6 Å². The molecule has 1 aliphatic rings. The number of fused-ring (bicyclic) bond motifs is 1. The maximum Gasteiger partial charge on any atom is 0.338 e. The van der Waals surface area contributed by atoms with E-state index in [9.17, 15) is 14.4 Å². The number of nitrogens with one attached hydrogen (secondary N) is 2. The van der Waals surface area contributed by atoms with E-state index in [-0.39, 0.29) is 5.56 Å². The van der Waals surface area contributed by atoms with Crippen LogP contribution in [0.4, 0.5) is 4.79 Å². The van der Waals surface area contributed by atoms with Crippen LogP contribution in [0.3, 0.4) is 0 Å². The molecule has 0 saturated carbocycles. The minimum Gasteiger partial charge on any atom is -0.486 e. The summed E-state index contributed by atoms with van der Waals surface area (Å²) in [5.74, 6) is 0.0662. The smallest absolute Gasteiger partial charge is 0.338 e. The first-order valence-electron chi connectivity index (χ1n) is 8.10. The molecule has 0 bridgehead atoms. The fraction of sp³-hybridized carbons (Fsp3) is 0.471. The zero-order chi connectivity index (χ0) is 18.2. The molecule has 0 aromatic heterocycles. The number of carbonyl (C=O) groups excluding carboxylic acids is 3. The van der Waals surface area contributed by atoms with E-state index >= 15 is 0 Å². The van der Waals surface area contributed by atoms with Crippen LogP contribution < -0.4 is 20.1 Å². The second-order valence-electron chi connectivity index (χ2n) is 5.92. The number of esters is 1. The second-order valence-corrected chi connectivity index (χ2v) is 5.92. The number of urea groups is 1. The van der Waals surface area contributed by atoms with Gasteiger partial charge in [-0.25, -0.2) is 9.59 Å². The second kappa shape index (κ2) is 8.91. The summed E-state index contributed by atoms with van der Waals surface area (Å²) >= 11 is 0. The Balaban J connectivity index is 1.75. The van der Waals surface area contributed by atoms with Crippen LogP contribution in [0, 0.1) is 5.92 Å². The largest absolute Gasteiger partial charge is 0.486 e. The van der Waals surface area contributed by atoms with Crippen LogP contribution in [0.15, 0.2) is 18.2 Å². The average Bonchev–Trinajstić information content (AvgIpc) is 2.58. The van der Waals surface area contributed by atoms with Crippen molar-refractivity contribution in [2.24, 2.45) is 5.92 Å². The molecule has 0 spiro atoms. The molecule has 8 heteroatoms. The summed E-state index contributed by atoms with van der Waals surface area (Å²) < 4.78 is 15.6. The van der Waals surface area contributed by atoms with E-state index in [1.807, 2.05) is 13.8 Å². The first kappa shape index (κ1) is 18.6. The monoisotopic (exact) mass is 350 g/mol. The molecule has 0 fully saturated rings. The molecule has 1 aromatic carbocycles. The van der Waals surface area contributed by atoms with Gasteiger partial charge in [0.15, 0.2) is 18.1 Å². The van der Waals surface area contributed by atoms with Gasteiger partial charge in [-0.15, -0.1) is 0 Å². The summed E-state index contributed by atoms with van der Waals surface area (Å²) in [6.07, 6.45) is 0.806. The number of benzene rings is 1. The maximum atomic E-state index is 12.0. The van der Waals surface area contributed by atoms with Crippen molar-refractivity contribution in [2.45, 2.75) is 20.3 Å². The van der Waals surface area contributed by atoms with E-state index in [4.69, 9.17) is 14.2 Å². The number of hydrogen-bond donors (Lipinski definition) is 2. The van der Waals surface area contributed by atoms with Gasteiger partial charge in [0.2, 0.25) is 0 Å². The Hall–Kier alpha value is -2.77. The van der Waals surface area contributed by atoms with Crippen molar-refractivity contribution in [3.63, 3.8) is 0 Å². The first-order chi connectivity index (χ1) is 12.0. The lowest BCUT2D eigenvalue weighted by atomic mass is 10.1. The van der Waals surface area contributed by atoms with Gasteiger partial charge < -0.3 is 19.5 Å². The number of imide groups is 1. The Kier molecular flexibility index (Phi) is 6.62. The van der Waals surface area contributed by atoms with Crippen LogP contribution >= 0.6 is 0 Å². The summed E-state index contributed by atoms with van der Waals surface area (Å²) in [4.78, 5) is 35.1. The molecule has 8 nitrogen and oxygen atoms in total. The maximum absolute atomic E-state index is 12.0. The standard InChI is InChI=1S/C17H22N2O6/c1-11(2)5-6-18-17(22)19-15(20)10-25-16(21)12-3-4-13-14(9-12)24-8-7-23-13/h3-4,9,11H,5-8,10H2,1-2H3,(H2,18,19,20,22). The van der Waals surface area contributed by atoms with Gasteiger partial charge in [0.1, 0.15) is 13.2 Å². The van der Waals surface area contributed by atoms with E-state index in [0.717, 1.165) is 6.42 Å². The lowest BCUT2D eigenvalue weighted by Crippen LogP contribution is -2.41. The Morgan fingerprint density at radius 3 is 2.60 bits per heavy atom.